The third kappa shape index (κ3) is 2.67. The minimum absolute atomic E-state index is 0.0621. The maximum Gasteiger partial charge on any atom is 0.247 e. The van der Waals surface area contributed by atoms with Crippen LogP contribution in [0.5, 0.6) is 0 Å². The second kappa shape index (κ2) is 6.43. The average Bonchev–Trinajstić information content (AvgIpc) is 2.98. The van der Waals surface area contributed by atoms with Crippen molar-refractivity contribution < 1.29 is 9.22 Å². The number of hydrogen-bond donors (Lipinski definition) is 1. The van der Waals surface area contributed by atoms with E-state index in [9.17, 15) is 4.79 Å². The van der Waals surface area contributed by atoms with Crippen LogP contribution in [0.3, 0.4) is 0 Å². The average molecular weight is 397 g/mol. The molecule has 151 valence electrons. The second-order valence-corrected chi connectivity index (χ2v) is 11.1. The molecule has 0 heterocycles. The number of aryl methyl sites for hydroxylation is 1. The highest BCUT2D eigenvalue weighted by molar-refractivity contribution is 5.99. The molecule has 0 amide bonds. The van der Waals surface area contributed by atoms with Crippen LogP contribution < -0.4 is 5.73 Å². The molecule has 28 heavy (non-hydrogen) atoms. The van der Waals surface area contributed by atoms with E-state index in [1.165, 1.54) is 23.1 Å². The molecule has 3 aliphatic carbocycles. The number of nitrogen functional groups attached to an aromatic ring is 1. The number of anilines is 1. The van der Waals surface area contributed by atoms with Crippen LogP contribution in [-0.4, -0.2) is 21.9 Å². The van der Waals surface area contributed by atoms with Gasteiger partial charge >= 0.3 is 0 Å². The SMILES string of the molecule is CC(C)(C)c1cc2c(cc1N)[C@H]1CC[C@]3(C(C)(C)O[Si])C(=O)CC[C@H]3[C@@H]1CC2. The van der Waals surface area contributed by atoms with Gasteiger partial charge < -0.3 is 10.2 Å². The molecular weight excluding hydrogens is 362 g/mol. The van der Waals surface area contributed by atoms with Crippen molar-refractivity contribution in [3.05, 3.63) is 28.8 Å². The highest BCUT2D eigenvalue weighted by atomic mass is 28.2. The van der Waals surface area contributed by atoms with E-state index >= 15 is 0 Å². The van der Waals surface area contributed by atoms with Crippen LogP contribution in [0, 0.1) is 17.3 Å². The first-order valence-corrected chi connectivity index (χ1v) is 11.2. The minimum atomic E-state index is -0.484. The van der Waals surface area contributed by atoms with Crippen LogP contribution in [0.25, 0.3) is 0 Å². The number of hydrogen-bond acceptors (Lipinski definition) is 3. The number of carbonyl (C=O) groups excluding carboxylic acids is 1. The largest absolute Gasteiger partial charge is 0.413 e. The fourth-order valence-electron chi connectivity index (χ4n) is 6.92. The van der Waals surface area contributed by atoms with Gasteiger partial charge in [0.1, 0.15) is 5.78 Å². The molecular formula is C24H34NO2Si. The minimum Gasteiger partial charge on any atom is -0.413 e. The fourth-order valence-corrected chi connectivity index (χ4v) is 7.10. The Bertz CT molecular complexity index is 810. The summed E-state index contributed by atoms with van der Waals surface area (Å²) in [5.74, 6) is 1.89. The summed E-state index contributed by atoms with van der Waals surface area (Å²) in [6, 6.07) is 4.64. The molecule has 4 heteroatoms. The zero-order chi connectivity index (χ0) is 20.5. The van der Waals surface area contributed by atoms with Crippen LogP contribution in [0.1, 0.15) is 89.3 Å². The number of Topliss-reactive ketones (excluding diaryl/α,β-unsaturated/α-hetero) is 1. The molecule has 4 atom stereocenters. The van der Waals surface area contributed by atoms with Gasteiger partial charge in [0, 0.05) is 12.1 Å². The van der Waals surface area contributed by atoms with E-state index < -0.39 is 5.60 Å². The lowest BCUT2D eigenvalue weighted by molar-refractivity contribution is -0.150. The normalized spacial score (nSPS) is 32.6. The van der Waals surface area contributed by atoms with Crippen molar-refractivity contribution in [1.82, 2.24) is 0 Å². The van der Waals surface area contributed by atoms with Crippen molar-refractivity contribution in [3.63, 3.8) is 0 Å². The smallest absolute Gasteiger partial charge is 0.247 e. The standard InChI is InChI=1S/C24H34NO2Si/c1-22(2,3)19-12-14-6-7-16-15(17(14)13-20(19)25)10-11-24(23(4,5)27-28)18(16)8-9-21(24)26/h12-13,15-16,18H,6-11,25H2,1-5H3/t15-,16+,18-,24+/m0/s1. The van der Waals surface area contributed by atoms with Gasteiger partial charge in [0.05, 0.1) is 11.0 Å². The topological polar surface area (TPSA) is 52.3 Å². The molecule has 0 spiro atoms. The number of rotatable bonds is 2. The quantitative estimate of drug-likeness (QED) is 0.574. The second-order valence-electron chi connectivity index (χ2n) is 10.9. The van der Waals surface area contributed by atoms with E-state index in [0.717, 1.165) is 31.4 Å². The van der Waals surface area contributed by atoms with E-state index in [2.05, 4.69) is 57.2 Å². The van der Waals surface area contributed by atoms with Crippen molar-refractivity contribution in [2.75, 3.05) is 5.73 Å². The Morgan fingerprint density at radius 1 is 1.11 bits per heavy atom. The van der Waals surface area contributed by atoms with Gasteiger partial charge in [-0.3, -0.25) is 4.79 Å². The first-order chi connectivity index (χ1) is 13.0. The molecule has 1 aromatic rings. The molecule has 0 aliphatic heterocycles. The summed E-state index contributed by atoms with van der Waals surface area (Å²) < 4.78 is 5.74. The zero-order valence-corrected chi connectivity index (χ0v) is 19.0. The summed E-state index contributed by atoms with van der Waals surface area (Å²) in [6.07, 6.45) is 5.93. The highest BCUT2D eigenvalue weighted by Gasteiger charge is 2.63. The van der Waals surface area contributed by atoms with E-state index in [1.54, 1.807) is 0 Å². The third-order valence-corrected chi connectivity index (χ3v) is 8.80. The maximum atomic E-state index is 13.1. The summed E-state index contributed by atoms with van der Waals surface area (Å²) in [7, 11) is 3.30. The Balaban J connectivity index is 1.75. The summed E-state index contributed by atoms with van der Waals surface area (Å²) in [6.45, 7) is 10.9. The predicted molar refractivity (Wildman–Crippen MR) is 114 cm³/mol. The lowest BCUT2D eigenvalue weighted by atomic mass is 9.51. The van der Waals surface area contributed by atoms with Gasteiger partial charge in [0.15, 0.2) is 0 Å². The Labute approximate surface area is 173 Å². The molecule has 3 aliphatic rings. The first kappa shape index (κ1) is 20.2. The summed E-state index contributed by atoms with van der Waals surface area (Å²) in [5, 5.41) is 0. The van der Waals surface area contributed by atoms with Crippen LogP contribution in [0.2, 0.25) is 0 Å². The molecule has 0 saturated heterocycles. The number of carbonyl (C=O) groups is 1. The molecule has 0 unspecified atom stereocenters. The van der Waals surface area contributed by atoms with Gasteiger partial charge in [-0.05, 0) is 91.9 Å². The van der Waals surface area contributed by atoms with Crippen molar-refractivity contribution in [2.24, 2.45) is 17.3 Å². The molecule has 0 aromatic heterocycles. The van der Waals surface area contributed by atoms with Crippen molar-refractivity contribution in [2.45, 2.75) is 90.1 Å². The molecule has 2 saturated carbocycles. The predicted octanol–water partition coefficient (Wildman–Crippen LogP) is 4.85. The Morgan fingerprint density at radius 2 is 1.82 bits per heavy atom. The number of fused-ring (bicyclic) bond motifs is 5. The molecule has 3 nitrogen and oxygen atoms in total. The Morgan fingerprint density at radius 3 is 2.46 bits per heavy atom. The third-order valence-electron chi connectivity index (χ3n) is 8.29. The fraction of sp³-hybridized carbons (Fsp3) is 0.708. The van der Waals surface area contributed by atoms with Crippen molar-refractivity contribution in [1.29, 1.82) is 0 Å². The number of nitrogens with two attached hydrogens (primary N) is 1. The zero-order valence-electron chi connectivity index (χ0n) is 18.0. The van der Waals surface area contributed by atoms with E-state index in [1.807, 2.05) is 0 Å². The van der Waals surface area contributed by atoms with E-state index in [-0.39, 0.29) is 10.8 Å². The van der Waals surface area contributed by atoms with Crippen LogP contribution >= 0.6 is 0 Å². The number of ketones is 1. The molecule has 1 aromatic carbocycles. The highest BCUT2D eigenvalue weighted by Crippen LogP contribution is 2.64. The van der Waals surface area contributed by atoms with Gasteiger partial charge in [0.25, 0.3) is 0 Å². The van der Waals surface area contributed by atoms with Gasteiger partial charge in [-0.2, -0.15) is 0 Å². The summed E-state index contributed by atoms with van der Waals surface area (Å²) >= 11 is 0. The molecule has 2 N–H and O–H groups in total. The molecule has 2 fully saturated rings. The van der Waals surface area contributed by atoms with Crippen LogP contribution in [-0.2, 0) is 21.1 Å². The maximum absolute atomic E-state index is 13.1. The lowest BCUT2D eigenvalue weighted by Crippen LogP contribution is -2.57. The Hall–Kier alpha value is -1.13. The monoisotopic (exact) mass is 396 g/mol. The number of benzene rings is 1. The lowest BCUT2D eigenvalue weighted by Gasteiger charge is -2.55. The van der Waals surface area contributed by atoms with Gasteiger partial charge in [-0.15, -0.1) is 0 Å². The van der Waals surface area contributed by atoms with Crippen molar-refractivity contribution in [3.8, 4) is 0 Å². The molecule has 0 bridgehead atoms. The van der Waals surface area contributed by atoms with E-state index in [4.69, 9.17) is 10.2 Å². The molecule has 4 rings (SSSR count). The van der Waals surface area contributed by atoms with Gasteiger partial charge in [-0.25, -0.2) is 0 Å². The van der Waals surface area contributed by atoms with Gasteiger partial charge in [0.2, 0.25) is 10.5 Å². The van der Waals surface area contributed by atoms with Crippen LogP contribution in [0.4, 0.5) is 5.69 Å². The first-order valence-electron chi connectivity index (χ1n) is 10.8. The molecule has 3 radical (unpaired) electrons. The van der Waals surface area contributed by atoms with Gasteiger partial charge in [-0.1, -0.05) is 26.8 Å². The van der Waals surface area contributed by atoms with Crippen molar-refractivity contribution >= 4 is 22.0 Å². The summed E-state index contributed by atoms with van der Waals surface area (Å²) in [5.41, 5.74) is 10.9. The van der Waals surface area contributed by atoms with E-state index in [0.29, 0.717) is 30.0 Å². The van der Waals surface area contributed by atoms with Crippen LogP contribution in [0.15, 0.2) is 12.1 Å². The summed E-state index contributed by atoms with van der Waals surface area (Å²) in [4.78, 5) is 13.1. The Kier molecular flexibility index (Phi) is 4.63.